The summed E-state index contributed by atoms with van der Waals surface area (Å²) in [6.07, 6.45) is 0. The van der Waals surface area contributed by atoms with E-state index in [0.29, 0.717) is 15.1 Å². The molecule has 0 aromatic heterocycles. The van der Waals surface area contributed by atoms with Gasteiger partial charge < -0.3 is 0 Å². The van der Waals surface area contributed by atoms with Crippen molar-refractivity contribution in [3.8, 4) is 6.07 Å². The van der Waals surface area contributed by atoms with E-state index in [0.717, 1.165) is 0 Å². The van der Waals surface area contributed by atoms with Crippen molar-refractivity contribution in [3.63, 3.8) is 0 Å². The van der Waals surface area contributed by atoms with Crippen molar-refractivity contribution in [1.29, 1.82) is 5.26 Å². The highest BCUT2D eigenvalue weighted by Crippen LogP contribution is 2.32. The molecule has 0 saturated carbocycles. The molecule has 2 nitrogen and oxygen atoms in total. The third-order valence-electron chi connectivity index (χ3n) is 2.86. The second-order valence-electron chi connectivity index (χ2n) is 4.22. The van der Waals surface area contributed by atoms with Crippen LogP contribution in [0, 0.1) is 11.3 Å². The molecule has 2 aromatic rings. The van der Waals surface area contributed by atoms with Crippen LogP contribution in [-0.4, -0.2) is 5.78 Å². The van der Waals surface area contributed by atoms with Gasteiger partial charge in [0.25, 0.3) is 0 Å². The van der Waals surface area contributed by atoms with Crippen LogP contribution >= 0.6 is 50.7 Å². The van der Waals surface area contributed by atoms with Crippen LogP contribution in [-0.2, 0) is 0 Å². The molecule has 0 bridgehead atoms. The fraction of sp³-hybridized carbons (Fsp3) is 0.0667. The van der Waals surface area contributed by atoms with Gasteiger partial charge in [-0.3, -0.25) is 4.79 Å². The summed E-state index contributed by atoms with van der Waals surface area (Å²) >= 11 is 21.2. The van der Waals surface area contributed by atoms with Crippen molar-refractivity contribution >= 4 is 56.5 Å². The molecular weight excluding hydrogens is 396 g/mol. The molecule has 0 aliphatic heterocycles. The summed E-state index contributed by atoms with van der Waals surface area (Å²) in [5.41, 5.74) is 0.674. The maximum atomic E-state index is 12.6. The van der Waals surface area contributed by atoms with E-state index in [1.165, 1.54) is 6.07 Å². The summed E-state index contributed by atoms with van der Waals surface area (Å²) in [5.74, 6) is -1.45. The van der Waals surface area contributed by atoms with Gasteiger partial charge in [-0.25, -0.2) is 0 Å². The van der Waals surface area contributed by atoms with Gasteiger partial charge in [-0.05, 0) is 35.9 Å². The SMILES string of the molecule is N#CC(C(=O)c1cc(Br)ccc1Cl)c1ccc(Cl)cc1Cl. The number of halogens is 4. The van der Waals surface area contributed by atoms with Crippen molar-refractivity contribution in [3.05, 3.63) is 67.1 Å². The maximum absolute atomic E-state index is 12.6. The van der Waals surface area contributed by atoms with Gasteiger partial charge in [-0.15, -0.1) is 0 Å². The molecule has 0 N–H and O–H groups in total. The van der Waals surface area contributed by atoms with E-state index in [2.05, 4.69) is 15.9 Å². The van der Waals surface area contributed by atoms with E-state index in [4.69, 9.17) is 34.8 Å². The monoisotopic (exact) mass is 401 g/mol. The molecule has 0 aliphatic carbocycles. The Kier molecular flexibility index (Phi) is 5.29. The van der Waals surface area contributed by atoms with Gasteiger partial charge in [-0.2, -0.15) is 5.26 Å². The van der Waals surface area contributed by atoms with Crippen LogP contribution in [0.1, 0.15) is 21.8 Å². The second kappa shape index (κ2) is 6.81. The number of ketones is 1. The molecule has 0 aliphatic rings. The fourth-order valence-electron chi connectivity index (χ4n) is 1.85. The number of hydrogen-bond acceptors (Lipinski definition) is 2. The fourth-order valence-corrected chi connectivity index (χ4v) is 2.94. The quantitative estimate of drug-likeness (QED) is 0.599. The molecular formula is C15H7BrCl3NO. The van der Waals surface area contributed by atoms with E-state index in [1.807, 2.05) is 6.07 Å². The summed E-state index contributed by atoms with van der Waals surface area (Å²) in [6, 6.07) is 11.5. The number of hydrogen-bond donors (Lipinski definition) is 0. The minimum absolute atomic E-state index is 0.267. The standard InChI is InChI=1S/C15H7BrCl3NO/c16-8-1-4-13(18)11(5-8)15(21)12(7-20)10-3-2-9(17)6-14(10)19/h1-6,12H. The van der Waals surface area contributed by atoms with E-state index in [-0.39, 0.29) is 15.6 Å². The molecule has 21 heavy (non-hydrogen) atoms. The van der Waals surface area contributed by atoms with Gasteiger partial charge in [0.15, 0.2) is 5.78 Å². The molecule has 0 spiro atoms. The first kappa shape index (κ1) is 16.3. The molecule has 0 heterocycles. The first-order valence-corrected chi connectivity index (χ1v) is 7.70. The van der Waals surface area contributed by atoms with Crippen molar-refractivity contribution in [1.82, 2.24) is 0 Å². The summed E-state index contributed by atoms with van der Waals surface area (Å²) in [5, 5.41) is 10.3. The molecule has 1 unspecified atom stereocenters. The Morgan fingerprint density at radius 1 is 1.10 bits per heavy atom. The Hall–Kier alpha value is -1.05. The third kappa shape index (κ3) is 3.59. The van der Waals surface area contributed by atoms with E-state index >= 15 is 0 Å². The lowest BCUT2D eigenvalue weighted by Gasteiger charge is -2.12. The molecule has 2 rings (SSSR count). The molecule has 6 heteroatoms. The van der Waals surface area contributed by atoms with Gasteiger partial charge >= 0.3 is 0 Å². The van der Waals surface area contributed by atoms with Crippen molar-refractivity contribution in [2.24, 2.45) is 0 Å². The van der Waals surface area contributed by atoms with Gasteiger partial charge in [0.2, 0.25) is 0 Å². The van der Waals surface area contributed by atoms with Crippen molar-refractivity contribution < 1.29 is 4.79 Å². The lowest BCUT2D eigenvalue weighted by Crippen LogP contribution is -2.12. The lowest BCUT2D eigenvalue weighted by atomic mass is 9.92. The number of rotatable bonds is 3. The Morgan fingerprint density at radius 3 is 2.43 bits per heavy atom. The Labute approximate surface area is 145 Å². The molecule has 0 radical (unpaired) electrons. The van der Waals surface area contributed by atoms with Crippen LogP contribution in [0.2, 0.25) is 15.1 Å². The average molecular weight is 403 g/mol. The summed E-state index contributed by atoms with van der Waals surface area (Å²) in [6.45, 7) is 0. The largest absolute Gasteiger partial charge is 0.292 e. The third-order valence-corrected chi connectivity index (χ3v) is 4.24. The number of benzene rings is 2. The minimum atomic E-state index is -1.04. The molecule has 0 saturated heterocycles. The average Bonchev–Trinajstić information content (AvgIpc) is 2.44. The first-order chi connectivity index (χ1) is 9.93. The predicted molar refractivity (Wildman–Crippen MR) is 88.3 cm³/mol. The molecule has 2 aromatic carbocycles. The molecule has 1 atom stereocenters. The predicted octanol–water partition coefficient (Wildman–Crippen LogP) is 5.90. The van der Waals surface area contributed by atoms with Crippen molar-refractivity contribution in [2.75, 3.05) is 0 Å². The Morgan fingerprint density at radius 2 is 1.81 bits per heavy atom. The molecule has 0 fully saturated rings. The first-order valence-electron chi connectivity index (χ1n) is 5.78. The van der Waals surface area contributed by atoms with Gasteiger partial charge in [-0.1, -0.05) is 56.8 Å². The van der Waals surface area contributed by atoms with Gasteiger partial charge in [0, 0.05) is 20.1 Å². The normalized spacial score (nSPS) is 11.8. The highest BCUT2D eigenvalue weighted by molar-refractivity contribution is 9.10. The molecule has 0 amide bonds. The van der Waals surface area contributed by atoms with Crippen LogP contribution in [0.5, 0.6) is 0 Å². The van der Waals surface area contributed by atoms with Crippen LogP contribution in [0.25, 0.3) is 0 Å². The summed E-state index contributed by atoms with van der Waals surface area (Å²) in [7, 11) is 0. The van der Waals surface area contributed by atoms with E-state index in [9.17, 15) is 10.1 Å². The maximum Gasteiger partial charge on any atom is 0.186 e. The van der Waals surface area contributed by atoms with Crippen LogP contribution < -0.4 is 0 Å². The number of carbonyl (C=O) groups excluding carboxylic acids is 1. The van der Waals surface area contributed by atoms with Gasteiger partial charge in [0.1, 0.15) is 5.92 Å². The summed E-state index contributed by atoms with van der Waals surface area (Å²) in [4.78, 5) is 12.6. The highest BCUT2D eigenvalue weighted by atomic mass is 79.9. The smallest absolute Gasteiger partial charge is 0.186 e. The minimum Gasteiger partial charge on any atom is -0.292 e. The Balaban J connectivity index is 2.49. The highest BCUT2D eigenvalue weighted by Gasteiger charge is 2.26. The zero-order chi connectivity index (χ0) is 15.6. The lowest BCUT2D eigenvalue weighted by molar-refractivity contribution is 0.0979. The zero-order valence-corrected chi connectivity index (χ0v) is 14.3. The second-order valence-corrected chi connectivity index (χ2v) is 6.38. The number of nitrogens with zero attached hydrogens (tertiary/aromatic N) is 1. The van der Waals surface area contributed by atoms with Crippen LogP contribution in [0.4, 0.5) is 0 Å². The summed E-state index contributed by atoms with van der Waals surface area (Å²) < 4.78 is 0.703. The van der Waals surface area contributed by atoms with Crippen LogP contribution in [0.15, 0.2) is 40.9 Å². The van der Waals surface area contributed by atoms with Crippen molar-refractivity contribution in [2.45, 2.75) is 5.92 Å². The van der Waals surface area contributed by atoms with E-state index < -0.39 is 11.7 Å². The topological polar surface area (TPSA) is 40.9 Å². The zero-order valence-electron chi connectivity index (χ0n) is 10.4. The van der Waals surface area contributed by atoms with Crippen LogP contribution in [0.3, 0.4) is 0 Å². The number of nitriles is 1. The molecule has 106 valence electrons. The number of carbonyl (C=O) groups is 1. The van der Waals surface area contributed by atoms with E-state index in [1.54, 1.807) is 30.3 Å². The number of Topliss-reactive ketones (excluding diaryl/α,β-unsaturated/α-hetero) is 1. The Bertz CT molecular complexity index is 755. The van der Waals surface area contributed by atoms with Gasteiger partial charge in [0.05, 0.1) is 11.1 Å².